The number of hydrogen-bond donors (Lipinski definition) is 1. The third kappa shape index (κ3) is 3.01. The fraction of sp³-hybridized carbons (Fsp3) is 0.385. The molecule has 1 fully saturated rings. The molecule has 0 bridgehead atoms. The van der Waals surface area contributed by atoms with Crippen molar-refractivity contribution in [2.24, 2.45) is 0 Å². The van der Waals surface area contributed by atoms with E-state index in [0.29, 0.717) is 11.1 Å². The minimum atomic E-state index is -0.0780. The zero-order chi connectivity index (χ0) is 13.2. The maximum atomic E-state index is 11.6. The number of rotatable bonds is 4. The standard InChI is InChI=1S/C13H14N4OS/c1-8(11-7-14-4-5-15-11)19-13-16-10(9-2-3-9)6-12(18)17-13/h4-9H,2-3H2,1H3,(H,16,17,18). The Morgan fingerprint density at radius 1 is 1.42 bits per heavy atom. The molecule has 19 heavy (non-hydrogen) atoms. The summed E-state index contributed by atoms with van der Waals surface area (Å²) in [5.74, 6) is 0.480. The summed E-state index contributed by atoms with van der Waals surface area (Å²) in [5, 5.41) is 0.763. The number of aromatic amines is 1. The first-order valence-corrected chi connectivity index (χ1v) is 7.14. The second-order valence-electron chi connectivity index (χ2n) is 4.64. The van der Waals surface area contributed by atoms with Crippen LogP contribution in [0.4, 0.5) is 0 Å². The molecule has 0 radical (unpaired) electrons. The molecule has 1 saturated carbocycles. The lowest BCUT2D eigenvalue weighted by molar-refractivity contribution is 0.854. The van der Waals surface area contributed by atoms with Crippen molar-refractivity contribution in [2.45, 2.75) is 36.1 Å². The van der Waals surface area contributed by atoms with Gasteiger partial charge in [-0.15, -0.1) is 0 Å². The lowest BCUT2D eigenvalue weighted by atomic mass is 10.3. The Kier molecular flexibility index (Phi) is 3.33. The Bertz CT molecular complexity index is 624. The van der Waals surface area contributed by atoms with Gasteiger partial charge >= 0.3 is 0 Å². The van der Waals surface area contributed by atoms with Gasteiger partial charge in [0, 0.05) is 30.6 Å². The van der Waals surface area contributed by atoms with E-state index in [4.69, 9.17) is 0 Å². The highest BCUT2D eigenvalue weighted by Gasteiger charge is 2.26. The van der Waals surface area contributed by atoms with Crippen LogP contribution in [0, 0.1) is 0 Å². The van der Waals surface area contributed by atoms with Crippen molar-refractivity contribution in [3.63, 3.8) is 0 Å². The van der Waals surface area contributed by atoms with Crippen LogP contribution >= 0.6 is 11.8 Å². The number of thioether (sulfide) groups is 1. The largest absolute Gasteiger partial charge is 0.301 e. The minimum absolute atomic E-state index is 0.0780. The van der Waals surface area contributed by atoms with Crippen molar-refractivity contribution >= 4 is 11.8 Å². The number of nitrogens with zero attached hydrogens (tertiary/aromatic N) is 3. The average Bonchev–Trinajstić information content (AvgIpc) is 3.23. The number of nitrogens with one attached hydrogen (secondary N) is 1. The quantitative estimate of drug-likeness (QED) is 0.684. The van der Waals surface area contributed by atoms with Gasteiger partial charge in [-0.2, -0.15) is 0 Å². The first-order chi connectivity index (χ1) is 9.22. The SMILES string of the molecule is CC(Sc1nc(C2CC2)cc(=O)[nH]1)c1cnccn1. The summed E-state index contributed by atoms with van der Waals surface area (Å²) in [6.07, 6.45) is 7.33. The van der Waals surface area contributed by atoms with Crippen LogP contribution in [0.25, 0.3) is 0 Å². The highest BCUT2D eigenvalue weighted by atomic mass is 32.2. The summed E-state index contributed by atoms with van der Waals surface area (Å²) >= 11 is 1.50. The van der Waals surface area contributed by atoms with Crippen molar-refractivity contribution in [1.82, 2.24) is 19.9 Å². The molecule has 5 nitrogen and oxygen atoms in total. The second kappa shape index (κ2) is 5.13. The van der Waals surface area contributed by atoms with Crippen molar-refractivity contribution in [1.29, 1.82) is 0 Å². The van der Waals surface area contributed by atoms with Gasteiger partial charge < -0.3 is 4.98 Å². The predicted molar refractivity (Wildman–Crippen MR) is 73.1 cm³/mol. The van der Waals surface area contributed by atoms with Gasteiger partial charge in [0.2, 0.25) is 0 Å². The van der Waals surface area contributed by atoms with Gasteiger partial charge in [0.1, 0.15) is 0 Å². The van der Waals surface area contributed by atoms with E-state index in [0.717, 1.165) is 24.2 Å². The Labute approximate surface area is 114 Å². The van der Waals surface area contributed by atoms with Crippen LogP contribution in [0.15, 0.2) is 34.6 Å². The fourth-order valence-corrected chi connectivity index (χ4v) is 2.74. The van der Waals surface area contributed by atoms with Gasteiger partial charge in [-0.25, -0.2) is 4.98 Å². The van der Waals surface area contributed by atoms with Crippen LogP contribution in [-0.4, -0.2) is 19.9 Å². The third-order valence-corrected chi connectivity index (χ3v) is 4.04. The highest BCUT2D eigenvalue weighted by molar-refractivity contribution is 7.99. The fourth-order valence-electron chi connectivity index (χ4n) is 1.85. The molecule has 3 rings (SSSR count). The molecule has 6 heteroatoms. The first kappa shape index (κ1) is 12.3. The number of hydrogen-bond acceptors (Lipinski definition) is 5. The topological polar surface area (TPSA) is 71.5 Å². The van der Waals surface area contributed by atoms with E-state index in [1.807, 2.05) is 6.92 Å². The van der Waals surface area contributed by atoms with E-state index in [9.17, 15) is 4.79 Å². The van der Waals surface area contributed by atoms with E-state index >= 15 is 0 Å². The van der Waals surface area contributed by atoms with E-state index < -0.39 is 0 Å². The number of aromatic nitrogens is 4. The summed E-state index contributed by atoms with van der Waals surface area (Å²) in [6.45, 7) is 2.03. The summed E-state index contributed by atoms with van der Waals surface area (Å²) in [4.78, 5) is 27.2. The molecule has 1 aliphatic rings. The molecule has 1 atom stereocenters. The Hall–Kier alpha value is -1.69. The maximum absolute atomic E-state index is 11.6. The zero-order valence-corrected chi connectivity index (χ0v) is 11.4. The van der Waals surface area contributed by atoms with Crippen molar-refractivity contribution in [2.75, 3.05) is 0 Å². The normalized spacial score (nSPS) is 16.3. The molecular weight excluding hydrogens is 260 g/mol. The van der Waals surface area contributed by atoms with Crippen LogP contribution < -0.4 is 5.56 Å². The molecule has 1 aliphatic carbocycles. The molecule has 0 aliphatic heterocycles. The second-order valence-corrected chi connectivity index (χ2v) is 5.97. The summed E-state index contributed by atoms with van der Waals surface area (Å²) in [7, 11) is 0. The molecular formula is C13H14N4OS. The summed E-state index contributed by atoms with van der Waals surface area (Å²) in [5.41, 5.74) is 1.72. The predicted octanol–water partition coefficient (Wildman–Crippen LogP) is 2.29. The highest BCUT2D eigenvalue weighted by Crippen LogP contribution is 2.39. The van der Waals surface area contributed by atoms with Gasteiger partial charge in [0.15, 0.2) is 5.16 Å². The van der Waals surface area contributed by atoms with Gasteiger partial charge in [-0.3, -0.25) is 14.8 Å². The van der Waals surface area contributed by atoms with E-state index in [2.05, 4.69) is 19.9 Å². The molecule has 2 aromatic heterocycles. The molecule has 1 unspecified atom stereocenters. The Morgan fingerprint density at radius 2 is 2.26 bits per heavy atom. The molecule has 2 heterocycles. The molecule has 0 aromatic carbocycles. The molecule has 2 aromatic rings. The summed E-state index contributed by atoms with van der Waals surface area (Å²) < 4.78 is 0. The van der Waals surface area contributed by atoms with Gasteiger partial charge in [0.05, 0.1) is 16.6 Å². The molecule has 98 valence electrons. The van der Waals surface area contributed by atoms with Crippen molar-refractivity contribution in [3.05, 3.63) is 46.4 Å². The molecule has 0 saturated heterocycles. The third-order valence-electron chi connectivity index (χ3n) is 3.02. The van der Waals surface area contributed by atoms with Gasteiger partial charge in [0.25, 0.3) is 5.56 Å². The van der Waals surface area contributed by atoms with E-state index in [1.54, 1.807) is 24.7 Å². The van der Waals surface area contributed by atoms with Crippen LogP contribution in [0.3, 0.4) is 0 Å². The smallest absolute Gasteiger partial charge is 0.251 e. The van der Waals surface area contributed by atoms with Crippen LogP contribution in [0.2, 0.25) is 0 Å². The summed E-state index contributed by atoms with van der Waals surface area (Å²) in [6, 6.07) is 1.61. The van der Waals surface area contributed by atoms with E-state index in [1.165, 1.54) is 11.8 Å². The lowest BCUT2D eigenvalue weighted by Crippen LogP contribution is -2.10. The molecule has 0 spiro atoms. The van der Waals surface area contributed by atoms with Crippen LogP contribution in [0.5, 0.6) is 0 Å². The monoisotopic (exact) mass is 274 g/mol. The molecule has 1 N–H and O–H groups in total. The van der Waals surface area contributed by atoms with Gasteiger partial charge in [-0.05, 0) is 19.8 Å². The molecule has 0 amide bonds. The lowest BCUT2D eigenvalue weighted by Gasteiger charge is -2.09. The van der Waals surface area contributed by atoms with Crippen LogP contribution in [0.1, 0.15) is 42.3 Å². The maximum Gasteiger partial charge on any atom is 0.251 e. The van der Waals surface area contributed by atoms with Gasteiger partial charge in [-0.1, -0.05) is 11.8 Å². The van der Waals surface area contributed by atoms with Crippen LogP contribution in [-0.2, 0) is 0 Å². The average molecular weight is 274 g/mol. The zero-order valence-electron chi connectivity index (χ0n) is 10.5. The van der Waals surface area contributed by atoms with E-state index in [-0.39, 0.29) is 10.8 Å². The number of H-pyrrole nitrogens is 1. The van der Waals surface area contributed by atoms with Crippen molar-refractivity contribution < 1.29 is 0 Å². The Balaban J connectivity index is 1.81. The Morgan fingerprint density at radius 3 is 2.95 bits per heavy atom. The first-order valence-electron chi connectivity index (χ1n) is 6.26. The minimum Gasteiger partial charge on any atom is -0.301 e. The van der Waals surface area contributed by atoms with Crippen molar-refractivity contribution in [3.8, 4) is 0 Å².